The van der Waals surface area contributed by atoms with Gasteiger partial charge in [0.15, 0.2) is 0 Å². The van der Waals surface area contributed by atoms with Crippen molar-refractivity contribution in [2.75, 3.05) is 5.33 Å². The molecule has 1 aromatic rings. The molecule has 0 bridgehead atoms. The van der Waals surface area contributed by atoms with Gasteiger partial charge in [-0.25, -0.2) is 0 Å². The fourth-order valence-corrected chi connectivity index (χ4v) is 2.40. The third-order valence-electron chi connectivity index (χ3n) is 1.82. The molecule has 1 nitrogen and oxygen atoms in total. The van der Waals surface area contributed by atoms with Gasteiger partial charge in [-0.15, -0.1) is 11.3 Å². The van der Waals surface area contributed by atoms with Crippen molar-refractivity contribution in [2.24, 2.45) is 0 Å². The van der Waals surface area contributed by atoms with Crippen LogP contribution in [-0.2, 0) is 0 Å². The molecule has 1 aromatic heterocycles. The molecule has 0 aliphatic rings. The van der Waals surface area contributed by atoms with Gasteiger partial charge in [0.05, 0.1) is 6.10 Å². The number of halogens is 1. The maximum atomic E-state index is 9.71. The van der Waals surface area contributed by atoms with Gasteiger partial charge in [-0.05, 0) is 36.8 Å². The molecule has 0 aliphatic heterocycles. The summed E-state index contributed by atoms with van der Waals surface area (Å²) in [5.41, 5.74) is 1.21. The molecule has 0 spiro atoms. The van der Waals surface area contributed by atoms with Crippen LogP contribution in [0.15, 0.2) is 11.4 Å². The summed E-state index contributed by atoms with van der Waals surface area (Å²) >= 11 is 4.99. The zero-order chi connectivity index (χ0) is 8.97. The quantitative estimate of drug-likeness (QED) is 0.812. The van der Waals surface area contributed by atoms with Gasteiger partial charge < -0.3 is 5.11 Å². The van der Waals surface area contributed by atoms with E-state index in [0.717, 1.165) is 23.0 Å². The summed E-state index contributed by atoms with van der Waals surface area (Å²) in [6.07, 6.45) is 1.62. The summed E-state index contributed by atoms with van der Waals surface area (Å²) in [4.78, 5) is 1.12. The summed E-state index contributed by atoms with van der Waals surface area (Å²) in [5, 5.41) is 12.7. The number of aryl methyl sites for hydroxylation is 1. The Morgan fingerprint density at radius 3 is 2.92 bits per heavy atom. The molecule has 1 rings (SSSR count). The van der Waals surface area contributed by atoms with Gasteiger partial charge in [-0.3, -0.25) is 0 Å². The van der Waals surface area contributed by atoms with Crippen molar-refractivity contribution in [3.63, 3.8) is 0 Å². The van der Waals surface area contributed by atoms with Crippen LogP contribution in [0.3, 0.4) is 0 Å². The maximum absolute atomic E-state index is 9.71. The first-order valence-corrected chi connectivity index (χ1v) is 6.04. The fraction of sp³-hybridized carbons (Fsp3) is 0.556. The predicted octanol–water partition coefficient (Wildman–Crippen LogP) is 3.27. The van der Waals surface area contributed by atoms with E-state index < -0.39 is 0 Å². The Hall–Kier alpha value is 0.140. The molecule has 1 N–H and O–H groups in total. The highest BCUT2D eigenvalue weighted by Crippen LogP contribution is 2.26. The topological polar surface area (TPSA) is 20.2 Å². The number of aliphatic hydroxyl groups excluding tert-OH is 1. The molecular weight excluding hydrogens is 236 g/mol. The average molecular weight is 249 g/mol. The highest BCUT2D eigenvalue weighted by atomic mass is 79.9. The molecule has 0 saturated heterocycles. The summed E-state index contributed by atoms with van der Waals surface area (Å²) in [6, 6.07) is 2.05. The Morgan fingerprint density at radius 1 is 1.67 bits per heavy atom. The normalized spacial score (nSPS) is 13.2. The average Bonchev–Trinajstić information content (AvgIpc) is 2.47. The number of hydrogen-bond acceptors (Lipinski definition) is 2. The molecule has 0 aliphatic carbocycles. The van der Waals surface area contributed by atoms with Gasteiger partial charge in [0.2, 0.25) is 0 Å². The minimum absolute atomic E-state index is 0.262. The smallest absolute Gasteiger partial charge is 0.0884 e. The lowest BCUT2D eigenvalue weighted by Crippen LogP contribution is -1.96. The second-order valence-corrected chi connectivity index (χ2v) is 4.56. The minimum atomic E-state index is -0.262. The second kappa shape index (κ2) is 5.00. The summed E-state index contributed by atoms with van der Waals surface area (Å²) in [5.74, 6) is 0. The van der Waals surface area contributed by atoms with Crippen LogP contribution in [0.5, 0.6) is 0 Å². The SMILES string of the molecule is Cc1ccsc1C(O)CCCBr. The number of alkyl halides is 1. The van der Waals surface area contributed by atoms with E-state index >= 15 is 0 Å². The molecule has 0 fully saturated rings. The summed E-state index contributed by atoms with van der Waals surface area (Å²) < 4.78 is 0. The van der Waals surface area contributed by atoms with Gasteiger partial charge in [-0.1, -0.05) is 15.9 Å². The van der Waals surface area contributed by atoms with Crippen LogP contribution in [-0.4, -0.2) is 10.4 Å². The Kier molecular flexibility index (Phi) is 4.26. The molecule has 0 amide bonds. The number of aliphatic hydroxyl groups is 1. The van der Waals surface area contributed by atoms with Gasteiger partial charge >= 0.3 is 0 Å². The molecule has 1 unspecified atom stereocenters. The monoisotopic (exact) mass is 248 g/mol. The predicted molar refractivity (Wildman–Crippen MR) is 57.0 cm³/mol. The van der Waals surface area contributed by atoms with Crippen molar-refractivity contribution in [2.45, 2.75) is 25.9 Å². The maximum Gasteiger partial charge on any atom is 0.0884 e. The van der Waals surface area contributed by atoms with Crippen LogP contribution in [0, 0.1) is 6.92 Å². The molecule has 0 saturated carbocycles. The second-order valence-electron chi connectivity index (χ2n) is 2.81. The van der Waals surface area contributed by atoms with Crippen LogP contribution >= 0.6 is 27.3 Å². The molecule has 1 heterocycles. The Morgan fingerprint density at radius 2 is 2.42 bits per heavy atom. The molecule has 1 atom stereocenters. The first-order chi connectivity index (χ1) is 5.75. The highest BCUT2D eigenvalue weighted by Gasteiger charge is 2.10. The lowest BCUT2D eigenvalue weighted by atomic mass is 10.1. The molecule has 12 heavy (non-hydrogen) atoms. The van der Waals surface area contributed by atoms with Crippen molar-refractivity contribution in [1.29, 1.82) is 0 Å². The largest absolute Gasteiger partial charge is 0.388 e. The van der Waals surface area contributed by atoms with E-state index in [1.54, 1.807) is 11.3 Å². The van der Waals surface area contributed by atoms with E-state index in [1.807, 2.05) is 12.3 Å². The number of rotatable bonds is 4. The van der Waals surface area contributed by atoms with Crippen molar-refractivity contribution < 1.29 is 5.11 Å². The van der Waals surface area contributed by atoms with Crippen LogP contribution in [0.1, 0.15) is 29.4 Å². The fourth-order valence-electron chi connectivity index (χ4n) is 1.13. The molecule has 0 radical (unpaired) electrons. The van der Waals surface area contributed by atoms with Crippen LogP contribution < -0.4 is 0 Å². The van der Waals surface area contributed by atoms with E-state index in [4.69, 9.17) is 0 Å². The number of hydrogen-bond donors (Lipinski definition) is 1. The number of thiophene rings is 1. The molecule has 68 valence electrons. The van der Waals surface area contributed by atoms with Crippen LogP contribution in [0.25, 0.3) is 0 Å². The van der Waals surface area contributed by atoms with Crippen LogP contribution in [0.2, 0.25) is 0 Å². The van der Waals surface area contributed by atoms with E-state index in [9.17, 15) is 5.11 Å². The summed E-state index contributed by atoms with van der Waals surface area (Å²) in [6.45, 7) is 2.04. The van der Waals surface area contributed by atoms with E-state index in [-0.39, 0.29) is 6.10 Å². The van der Waals surface area contributed by atoms with Crippen LogP contribution in [0.4, 0.5) is 0 Å². The summed E-state index contributed by atoms with van der Waals surface area (Å²) in [7, 11) is 0. The zero-order valence-corrected chi connectivity index (χ0v) is 9.49. The highest BCUT2D eigenvalue weighted by molar-refractivity contribution is 9.09. The lowest BCUT2D eigenvalue weighted by Gasteiger charge is -2.08. The molecule has 3 heteroatoms. The minimum Gasteiger partial charge on any atom is -0.388 e. The Balaban J connectivity index is 2.52. The standard InChI is InChI=1S/C9H13BrOS/c1-7-4-6-12-9(7)8(11)3-2-5-10/h4,6,8,11H,2-3,5H2,1H3. The van der Waals surface area contributed by atoms with Gasteiger partial charge in [0, 0.05) is 10.2 Å². The van der Waals surface area contributed by atoms with Gasteiger partial charge in [0.25, 0.3) is 0 Å². The Labute approximate surface area is 85.6 Å². The zero-order valence-electron chi connectivity index (χ0n) is 7.09. The molecular formula is C9H13BrOS. The molecule has 0 aromatic carbocycles. The van der Waals surface area contributed by atoms with Crippen molar-refractivity contribution >= 4 is 27.3 Å². The van der Waals surface area contributed by atoms with E-state index in [2.05, 4.69) is 22.0 Å². The third kappa shape index (κ3) is 2.57. The van der Waals surface area contributed by atoms with Crippen molar-refractivity contribution in [1.82, 2.24) is 0 Å². The Bertz CT molecular complexity index is 234. The van der Waals surface area contributed by atoms with Crippen molar-refractivity contribution in [3.05, 3.63) is 21.9 Å². The van der Waals surface area contributed by atoms with E-state index in [0.29, 0.717) is 0 Å². The first-order valence-electron chi connectivity index (χ1n) is 4.03. The van der Waals surface area contributed by atoms with Crippen molar-refractivity contribution in [3.8, 4) is 0 Å². The first kappa shape index (κ1) is 10.2. The van der Waals surface area contributed by atoms with E-state index in [1.165, 1.54) is 5.56 Å². The lowest BCUT2D eigenvalue weighted by molar-refractivity contribution is 0.170. The van der Waals surface area contributed by atoms with Gasteiger partial charge in [0.1, 0.15) is 0 Å². The third-order valence-corrected chi connectivity index (χ3v) is 3.50. The van der Waals surface area contributed by atoms with Gasteiger partial charge in [-0.2, -0.15) is 0 Å².